The van der Waals surface area contributed by atoms with Crippen LogP contribution < -0.4 is 5.56 Å². The summed E-state index contributed by atoms with van der Waals surface area (Å²) in [5.74, 6) is 0.722. The topological polar surface area (TPSA) is 75.5 Å². The van der Waals surface area contributed by atoms with Gasteiger partial charge in [0.25, 0.3) is 5.56 Å². The molecule has 2 unspecified atom stereocenters. The van der Waals surface area contributed by atoms with Crippen molar-refractivity contribution in [2.75, 3.05) is 19.6 Å². The molecule has 0 saturated carbocycles. The Labute approximate surface area is 202 Å². The molecule has 0 spiro atoms. The lowest BCUT2D eigenvalue weighted by molar-refractivity contribution is 0.103. The number of sulfonamides is 1. The molecule has 0 bridgehead atoms. The fourth-order valence-corrected chi connectivity index (χ4v) is 7.37. The lowest BCUT2D eigenvalue weighted by atomic mass is 10.1. The molecular weight excluding hydrogens is 448 g/mol. The van der Waals surface area contributed by atoms with E-state index >= 15 is 0 Å². The van der Waals surface area contributed by atoms with Crippen molar-refractivity contribution in [2.24, 2.45) is 0 Å². The molecule has 0 amide bonds. The third-order valence-electron chi connectivity index (χ3n) is 6.90. The van der Waals surface area contributed by atoms with Gasteiger partial charge in [0.2, 0.25) is 10.0 Å². The van der Waals surface area contributed by atoms with Gasteiger partial charge in [0, 0.05) is 32.2 Å². The van der Waals surface area contributed by atoms with Crippen LogP contribution in [0.4, 0.5) is 0 Å². The summed E-state index contributed by atoms with van der Waals surface area (Å²) in [5, 5.41) is 0.619. The average Bonchev–Trinajstić information content (AvgIpc) is 2.77. The molecule has 1 aliphatic rings. The first kappa shape index (κ1) is 24.6. The summed E-state index contributed by atoms with van der Waals surface area (Å²) in [6.07, 6.45) is 0. The Bertz CT molecular complexity index is 1370. The number of fused-ring (bicyclic) bond motifs is 1. The van der Waals surface area contributed by atoms with E-state index in [0.29, 0.717) is 42.0 Å². The van der Waals surface area contributed by atoms with Crippen molar-refractivity contribution in [1.82, 2.24) is 18.8 Å². The van der Waals surface area contributed by atoms with Gasteiger partial charge in [-0.25, -0.2) is 13.4 Å². The smallest absolute Gasteiger partial charge is 0.261 e. The molecule has 8 heteroatoms. The highest BCUT2D eigenvalue weighted by Gasteiger charge is 2.37. The Hall–Kier alpha value is -2.55. The molecule has 2 heterocycles. The van der Waals surface area contributed by atoms with E-state index in [2.05, 4.69) is 4.90 Å². The summed E-state index contributed by atoms with van der Waals surface area (Å²) in [7, 11) is -3.62. The van der Waals surface area contributed by atoms with Crippen LogP contribution in [0.5, 0.6) is 0 Å². The fourth-order valence-electron chi connectivity index (χ4n) is 5.34. The first-order chi connectivity index (χ1) is 16.1. The molecule has 0 N–H and O–H groups in total. The zero-order chi connectivity index (χ0) is 24.8. The number of aryl methyl sites for hydroxylation is 3. The monoisotopic (exact) mass is 482 g/mol. The van der Waals surface area contributed by atoms with E-state index in [0.717, 1.165) is 22.5 Å². The van der Waals surface area contributed by atoms with Crippen LogP contribution in [-0.4, -0.2) is 52.9 Å². The summed E-state index contributed by atoms with van der Waals surface area (Å²) < 4.78 is 30.6. The lowest BCUT2D eigenvalue weighted by Gasteiger charge is -2.42. The number of rotatable bonds is 5. The molecular formula is C26H34N4O3S. The summed E-state index contributed by atoms with van der Waals surface area (Å²) >= 11 is 0. The van der Waals surface area contributed by atoms with Crippen molar-refractivity contribution in [3.63, 3.8) is 0 Å². The molecule has 2 aromatic carbocycles. The molecule has 1 aliphatic heterocycles. The van der Waals surface area contributed by atoms with Gasteiger partial charge in [-0.3, -0.25) is 14.3 Å². The van der Waals surface area contributed by atoms with E-state index in [9.17, 15) is 13.2 Å². The number of hydrogen-bond donors (Lipinski definition) is 0. The first-order valence-corrected chi connectivity index (χ1v) is 13.3. The second kappa shape index (κ2) is 9.24. The highest BCUT2D eigenvalue weighted by atomic mass is 32.2. The Balaban J connectivity index is 1.63. The molecule has 34 heavy (non-hydrogen) atoms. The fraction of sp³-hybridized carbons (Fsp3) is 0.462. The van der Waals surface area contributed by atoms with Crippen LogP contribution in [0.15, 0.2) is 46.1 Å². The highest BCUT2D eigenvalue weighted by Crippen LogP contribution is 2.30. The lowest BCUT2D eigenvalue weighted by Crippen LogP contribution is -2.54. The van der Waals surface area contributed by atoms with Crippen LogP contribution in [-0.2, 0) is 16.6 Å². The van der Waals surface area contributed by atoms with Crippen molar-refractivity contribution < 1.29 is 8.42 Å². The van der Waals surface area contributed by atoms with Crippen LogP contribution >= 0.6 is 0 Å². The van der Waals surface area contributed by atoms with Crippen molar-refractivity contribution in [3.8, 4) is 0 Å². The van der Waals surface area contributed by atoms with Crippen molar-refractivity contribution in [3.05, 3.63) is 69.3 Å². The molecule has 182 valence electrons. The molecule has 7 nitrogen and oxygen atoms in total. The Morgan fingerprint density at radius 2 is 1.74 bits per heavy atom. The van der Waals surface area contributed by atoms with Gasteiger partial charge in [0.05, 0.1) is 21.8 Å². The minimum absolute atomic E-state index is 0.0328. The maximum atomic E-state index is 13.6. The van der Waals surface area contributed by atoms with Crippen molar-refractivity contribution in [2.45, 2.75) is 65.1 Å². The van der Waals surface area contributed by atoms with Crippen LogP contribution in [0.1, 0.15) is 49.3 Å². The first-order valence-electron chi connectivity index (χ1n) is 11.9. The summed E-state index contributed by atoms with van der Waals surface area (Å²) in [4.78, 5) is 20.6. The average molecular weight is 483 g/mol. The van der Waals surface area contributed by atoms with E-state index in [1.807, 2.05) is 77.9 Å². The minimum Gasteiger partial charge on any atom is -0.295 e. The van der Waals surface area contributed by atoms with Crippen LogP contribution in [0.2, 0.25) is 0 Å². The Morgan fingerprint density at radius 3 is 2.35 bits per heavy atom. The normalized spacial score (nSPS) is 18.9. The standard InChI is InChI=1S/C26H34N4O3S/c1-7-29-25(27-23-11-9-8-10-22(23)26(29)31)21(6)28-12-13-30(20(5)16-28)34(32,33)24-18(3)14-17(2)15-19(24)4/h8-11,14-15,20-21H,7,12-13,16H2,1-6H3. The van der Waals surface area contributed by atoms with Crippen LogP contribution in [0.25, 0.3) is 10.9 Å². The van der Waals surface area contributed by atoms with E-state index in [1.54, 1.807) is 8.87 Å². The zero-order valence-electron chi connectivity index (χ0n) is 20.9. The predicted molar refractivity (Wildman–Crippen MR) is 136 cm³/mol. The summed E-state index contributed by atoms with van der Waals surface area (Å²) in [5.41, 5.74) is 3.29. The molecule has 0 aliphatic carbocycles. The van der Waals surface area contributed by atoms with E-state index < -0.39 is 10.0 Å². The molecule has 2 atom stereocenters. The quantitative estimate of drug-likeness (QED) is 0.553. The number of benzene rings is 2. The number of hydrogen-bond acceptors (Lipinski definition) is 5. The van der Waals surface area contributed by atoms with Gasteiger partial charge in [0.15, 0.2) is 0 Å². The SMILES string of the molecule is CCn1c(C(C)N2CCN(S(=O)(=O)c3c(C)cc(C)cc3C)C(C)C2)nc2ccccc2c1=O. The van der Waals surface area contributed by atoms with Gasteiger partial charge in [-0.1, -0.05) is 29.8 Å². The van der Waals surface area contributed by atoms with Gasteiger partial charge >= 0.3 is 0 Å². The third kappa shape index (κ3) is 4.19. The van der Waals surface area contributed by atoms with Gasteiger partial charge in [-0.05, 0) is 64.8 Å². The molecule has 1 saturated heterocycles. The maximum Gasteiger partial charge on any atom is 0.261 e. The Morgan fingerprint density at radius 1 is 1.09 bits per heavy atom. The van der Waals surface area contributed by atoms with Gasteiger partial charge in [-0.2, -0.15) is 4.31 Å². The van der Waals surface area contributed by atoms with Gasteiger partial charge in [0.1, 0.15) is 5.82 Å². The molecule has 1 fully saturated rings. The summed E-state index contributed by atoms with van der Waals surface area (Å²) in [6.45, 7) is 13.7. The van der Waals surface area contributed by atoms with E-state index in [4.69, 9.17) is 4.98 Å². The van der Waals surface area contributed by atoms with Crippen LogP contribution in [0, 0.1) is 20.8 Å². The number of aromatic nitrogens is 2. The summed E-state index contributed by atoms with van der Waals surface area (Å²) in [6, 6.07) is 11.0. The Kier molecular flexibility index (Phi) is 6.68. The highest BCUT2D eigenvalue weighted by molar-refractivity contribution is 7.89. The number of piperazine rings is 1. The minimum atomic E-state index is -3.62. The van der Waals surface area contributed by atoms with Crippen molar-refractivity contribution >= 4 is 20.9 Å². The second-order valence-electron chi connectivity index (χ2n) is 9.40. The van der Waals surface area contributed by atoms with Crippen LogP contribution in [0.3, 0.4) is 0 Å². The van der Waals surface area contributed by atoms with Crippen molar-refractivity contribution in [1.29, 1.82) is 0 Å². The van der Waals surface area contributed by atoms with E-state index in [1.165, 1.54) is 0 Å². The van der Waals surface area contributed by atoms with Gasteiger partial charge < -0.3 is 0 Å². The number of para-hydroxylation sites is 1. The second-order valence-corrected chi connectivity index (χ2v) is 11.2. The van der Waals surface area contributed by atoms with Gasteiger partial charge in [-0.15, -0.1) is 0 Å². The molecule has 0 radical (unpaired) electrons. The molecule has 1 aromatic heterocycles. The predicted octanol–water partition coefficient (Wildman–Crippen LogP) is 3.80. The largest absolute Gasteiger partial charge is 0.295 e. The molecule has 4 rings (SSSR count). The maximum absolute atomic E-state index is 13.6. The zero-order valence-corrected chi connectivity index (χ0v) is 21.7. The number of nitrogens with zero attached hydrogens (tertiary/aromatic N) is 4. The van der Waals surface area contributed by atoms with E-state index in [-0.39, 0.29) is 17.6 Å². The third-order valence-corrected chi connectivity index (χ3v) is 9.22. The molecule has 3 aromatic rings.